The number of sulfone groups is 1. The molecular formula is C17H21N3O4S. The second kappa shape index (κ2) is 6.18. The van der Waals surface area contributed by atoms with Crippen molar-refractivity contribution in [2.24, 2.45) is 13.0 Å². The molecule has 1 fully saturated rings. The van der Waals surface area contributed by atoms with Crippen molar-refractivity contribution >= 4 is 21.3 Å². The van der Waals surface area contributed by atoms with Gasteiger partial charge in [0.2, 0.25) is 5.78 Å². The first-order valence-corrected chi connectivity index (χ1v) is 9.96. The molecule has 0 radical (unpaired) electrons. The lowest BCUT2D eigenvalue weighted by atomic mass is 9.99. The lowest BCUT2D eigenvalue weighted by molar-refractivity contribution is 0.103. The van der Waals surface area contributed by atoms with E-state index in [0.717, 1.165) is 19.1 Å². The number of carbonyl (C=O) groups is 1. The van der Waals surface area contributed by atoms with Crippen molar-refractivity contribution in [1.82, 2.24) is 9.78 Å². The smallest absolute Gasteiger partial charge is 0.277 e. The van der Waals surface area contributed by atoms with E-state index in [1.165, 1.54) is 30.1 Å². The summed E-state index contributed by atoms with van der Waals surface area (Å²) >= 11 is 0. The molecule has 0 spiro atoms. The molecule has 2 N–H and O–H groups in total. The third kappa shape index (κ3) is 3.39. The van der Waals surface area contributed by atoms with Gasteiger partial charge in [0.05, 0.1) is 10.6 Å². The highest BCUT2D eigenvalue weighted by atomic mass is 32.2. The van der Waals surface area contributed by atoms with E-state index < -0.39 is 21.2 Å². The number of aromatic nitrogens is 2. The first kappa shape index (κ1) is 17.5. The number of nitrogens with zero attached hydrogens (tertiary/aromatic N) is 1. The molecule has 1 heterocycles. The fraction of sp³-hybridized carbons (Fsp3) is 0.412. The number of aromatic amines is 1. The number of benzene rings is 1. The molecule has 3 rings (SSSR count). The summed E-state index contributed by atoms with van der Waals surface area (Å²) in [5.74, 6) is 0.122. The van der Waals surface area contributed by atoms with Crippen LogP contribution >= 0.6 is 0 Å². The number of hydrogen-bond donors (Lipinski definition) is 2. The maximum Gasteiger partial charge on any atom is 0.277 e. The lowest BCUT2D eigenvalue weighted by Crippen LogP contribution is -2.20. The van der Waals surface area contributed by atoms with Gasteiger partial charge in [-0.3, -0.25) is 14.3 Å². The molecule has 0 unspecified atom stereocenters. The Labute approximate surface area is 146 Å². The maximum absolute atomic E-state index is 12.8. The lowest BCUT2D eigenvalue weighted by Gasteiger charge is -2.16. The molecule has 8 heteroatoms. The van der Waals surface area contributed by atoms with Crippen molar-refractivity contribution in [3.05, 3.63) is 45.4 Å². The minimum absolute atomic E-state index is 0.0332. The summed E-state index contributed by atoms with van der Waals surface area (Å²) in [6.07, 6.45) is 4.76. The summed E-state index contributed by atoms with van der Waals surface area (Å²) in [4.78, 5) is 25.0. The summed E-state index contributed by atoms with van der Waals surface area (Å²) in [5.41, 5.74) is 0.932. The number of nitrogens with one attached hydrogen (secondary N) is 2. The van der Waals surface area contributed by atoms with E-state index in [1.54, 1.807) is 6.92 Å². The Hall–Kier alpha value is -2.35. The third-order valence-corrected chi connectivity index (χ3v) is 5.66. The number of anilines is 1. The third-order valence-electron chi connectivity index (χ3n) is 4.52. The quantitative estimate of drug-likeness (QED) is 0.757. The van der Waals surface area contributed by atoms with Gasteiger partial charge in [-0.2, -0.15) is 0 Å². The van der Waals surface area contributed by atoms with Crippen LogP contribution in [-0.2, 0) is 16.9 Å². The van der Waals surface area contributed by atoms with Crippen LogP contribution < -0.4 is 10.9 Å². The highest BCUT2D eigenvalue weighted by Crippen LogP contribution is 2.33. The predicted octanol–water partition coefficient (Wildman–Crippen LogP) is 1.48. The number of rotatable bonds is 6. The van der Waals surface area contributed by atoms with E-state index in [2.05, 4.69) is 10.4 Å². The van der Waals surface area contributed by atoms with E-state index in [-0.39, 0.29) is 10.5 Å². The SMILES string of the molecule is Cc1c(C(=O)c2c[nH]n(C)c2=O)ccc(S(C)(=O)=O)c1NCC1CC1. The van der Waals surface area contributed by atoms with Gasteiger partial charge < -0.3 is 10.4 Å². The van der Waals surface area contributed by atoms with E-state index in [0.29, 0.717) is 29.3 Å². The van der Waals surface area contributed by atoms with Crippen LogP contribution in [0.3, 0.4) is 0 Å². The minimum atomic E-state index is -3.44. The van der Waals surface area contributed by atoms with Crippen LogP contribution in [0.4, 0.5) is 5.69 Å². The Morgan fingerprint density at radius 2 is 2.00 bits per heavy atom. The highest BCUT2D eigenvalue weighted by molar-refractivity contribution is 7.90. The molecule has 1 saturated carbocycles. The van der Waals surface area contributed by atoms with Crippen LogP contribution in [0.2, 0.25) is 0 Å². The van der Waals surface area contributed by atoms with Gasteiger partial charge in [-0.1, -0.05) is 0 Å². The van der Waals surface area contributed by atoms with E-state index >= 15 is 0 Å². The Balaban J connectivity index is 2.08. The molecule has 1 aromatic carbocycles. The van der Waals surface area contributed by atoms with Crippen molar-refractivity contribution in [3.63, 3.8) is 0 Å². The van der Waals surface area contributed by atoms with Crippen molar-refractivity contribution in [2.75, 3.05) is 18.1 Å². The molecule has 134 valence electrons. The van der Waals surface area contributed by atoms with Gasteiger partial charge in [0.15, 0.2) is 9.84 Å². The Morgan fingerprint density at radius 1 is 1.32 bits per heavy atom. The molecule has 1 aliphatic carbocycles. The van der Waals surface area contributed by atoms with E-state index in [4.69, 9.17) is 0 Å². The molecule has 2 aromatic rings. The van der Waals surface area contributed by atoms with Crippen LogP contribution in [0, 0.1) is 12.8 Å². The topological polar surface area (TPSA) is 101 Å². The average molecular weight is 363 g/mol. The predicted molar refractivity (Wildman–Crippen MR) is 95.0 cm³/mol. The largest absolute Gasteiger partial charge is 0.383 e. The molecule has 0 atom stereocenters. The summed E-state index contributed by atoms with van der Waals surface area (Å²) in [7, 11) is -1.91. The van der Waals surface area contributed by atoms with E-state index in [1.807, 2.05) is 0 Å². The molecule has 0 saturated heterocycles. The van der Waals surface area contributed by atoms with Crippen molar-refractivity contribution in [3.8, 4) is 0 Å². The monoisotopic (exact) mass is 363 g/mol. The average Bonchev–Trinajstić information content (AvgIpc) is 3.30. The minimum Gasteiger partial charge on any atom is -0.383 e. The van der Waals surface area contributed by atoms with Gasteiger partial charge in [0.1, 0.15) is 5.56 Å². The molecular weight excluding hydrogens is 342 g/mol. The standard InChI is InChI=1S/C17H21N3O4S/c1-10-12(16(21)13-9-19-20(2)17(13)22)6-7-14(25(3,23)24)15(10)18-8-11-4-5-11/h6-7,9,11,18-19H,4-5,8H2,1-3H3. The second-order valence-corrected chi connectivity index (χ2v) is 8.57. The first-order chi connectivity index (χ1) is 11.7. The maximum atomic E-state index is 12.8. The zero-order valence-electron chi connectivity index (χ0n) is 14.4. The summed E-state index contributed by atoms with van der Waals surface area (Å²) in [6.45, 7) is 2.38. The van der Waals surface area contributed by atoms with Gasteiger partial charge in [-0.15, -0.1) is 0 Å². The van der Waals surface area contributed by atoms with Crippen molar-refractivity contribution in [2.45, 2.75) is 24.7 Å². The Bertz CT molecular complexity index is 997. The van der Waals surface area contributed by atoms with Crippen LogP contribution in [-0.4, -0.2) is 36.8 Å². The van der Waals surface area contributed by atoms with Crippen LogP contribution in [0.1, 0.15) is 34.3 Å². The van der Waals surface area contributed by atoms with Gasteiger partial charge in [0.25, 0.3) is 5.56 Å². The molecule has 1 aromatic heterocycles. The van der Waals surface area contributed by atoms with Gasteiger partial charge in [-0.25, -0.2) is 8.42 Å². The molecule has 0 bridgehead atoms. The van der Waals surface area contributed by atoms with Crippen LogP contribution in [0.15, 0.2) is 28.0 Å². The Morgan fingerprint density at radius 3 is 2.52 bits per heavy atom. The van der Waals surface area contributed by atoms with Crippen molar-refractivity contribution < 1.29 is 13.2 Å². The molecule has 0 aliphatic heterocycles. The zero-order valence-corrected chi connectivity index (χ0v) is 15.2. The summed E-state index contributed by atoms with van der Waals surface area (Å²) in [6, 6.07) is 2.91. The van der Waals surface area contributed by atoms with Crippen molar-refractivity contribution in [1.29, 1.82) is 0 Å². The highest BCUT2D eigenvalue weighted by Gasteiger charge is 2.25. The van der Waals surface area contributed by atoms with E-state index in [9.17, 15) is 18.0 Å². The summed E-state index contributed by atoms with van der Waals surface area (Å²) < 4.78 is 25.4. The number of carbonyl (C=O) groups excluding carboxylic acids is 1. The van der Waals surface area contributed by atoms with Gasteiger partial charge in [-0.05, 0) is 43.4 Å². The molecule has 1 aliphatic rings. The van der Waals surface area contributed by atoms with Crippen LogP contribution in [0.25, 0.3) is 0 Å². The second-order valence-electron chi connectivity index (χ2n) is 6.59. The van der Waals surface area contributed by atoms with Gasteiger partial charge >= 0.3 is 0 Å². The number of H-pyrrole nitrogens is 1. The zero-order chi connectivity index (χ0) is 18.4. The number of ketones is 1. The molecule has 0 amide bonds. The van der Waals surface area contributed by atoms with Crippen LogP contribution in [0.5, 0.6) is 0 Å². The molecule has 7 nitrogen and oxygen atoms in total. The summed E-state index contributed by atoms with van der Waals surface area (Å²) in [5, 5.41) is 5.87. The fourth-order valence-corrected chi connectivity index (χ4v) is 3.71. The Kier molecular flexibility index (Phi) is 4.32. The first-order valence-electron chi connectivity index (χ1n) is 8.06. The molecule has 25 heavy (non-hydrogen) atoms. The number of aryl methyl sites for hydroxylation is 1. The normalized spacial score (nSPS) is 14.5. The van der Waals surface area contributed by atoms with Gasteiger partial charge in [0, 0.05) is 31.6 Å². The number of hydrogen-bond acceptors (Lipinski definition) is 5. The fourth-order valence-electron chi connectivity index (χ4n) is 2.80.